The molecule has 0 aromatic rings. The second-order valence-corrected chi connectivity index (χ2v) is 9.08. The second kappa shape index (κ2) is 4.37. The van der Waals surface area contributed by atoms with Crippen molar-refractivity contribution in [3.8, 4) is 0 Å². The maximum atomic E-state index is 12.7. The van der Waals surface area contributed by atoms with Crippen molar-refractivity contribution in [3.05, 3.63) is 0 Å². The van der Waals surface area contributed by atoms with Gasteiger partial charge >= 0.3 is 6.03 Å². The van der Waals surface area contributed by atoms with Gasteiger partial charge in [0.1, 0.15) is 0 Å². The Labute approximate surface area is 128 Å². The molecule has 2 unspecified atom stereocenters. The Morgan fingerprint density at radius 2 is 1.67 bits per heavy atom. The molecule has 0 aromatic heterocycles. The lowest BCUT2D eigenvalue weighted by Crippen LogP contribution is -2.67. The largest absolute Gasteiger partial charge is 0.333 e. The number of urea groups is 1. The third-order valence-electron chi connectivity index (χ3n) is 6.40. The summed E-state index contributed by atoms with van der Waals surface area (Å²) < 4.78 is 0. The summed E-state index contributed by atoms with van der Waals surface area (Å²) in [5, 5.41) is 6.82. The fourth-order valence-corrected chi connectivity index (χ4v) is 6.76. The zero-order chi connectivity index (χ0) is 14.7. The second-order valence-electron chi connectivity index (χ2n) is 9.08. The van der Waals surface area contributed by atoms with E-state index in [-0.39, 0.29) is 11.6 Å². The molecule has 118 valence electrons. The molecule has 4 bridgehead atoms. The number of carbonyl (C=O) groups excluding carboxylic acids is 1. The molecule has 4 nitrogen and oxygen atoms in total. The van der Waals surface area contributed by atoms with Crippen LogP contribution in [0, 0.1) is 16.7 Å². The van der Waals surface area contributed by atoms with Crippen LogP contribution in [-0.2, 0) is 0 Å². The van der Waals surface area contributed by atoms with Gasteiger partial charge in [0, 0.05) is 31.7 Å². The van der Waals surface area contributed by atoms with Gasteiger partial charge in [0.05, 0.1) is 0 Å². The van der Waals surface area contributed by atoms with Gasteiger partial charge in [-0.2, -0.15) is 0 Å². The number of hydrogen-bond donors (Lipinski definition) is 2. The molecule has 4 saturated carbocycles. The monoisotopic (exact) mass is 291 g/mol. The Kier molecular flexibility index (Phi) is 2.89. The number of amides is 2. The summed E-state index contributed by atoms with van der Waals surface area (Å²) in [7, 11) is 0. The zero-order valence-corrected chi connectivity index (χ0v) is 13.5. The minimum atomic E-state index is 0.0882. The van der Waals surface area contributed by atoms with Crippen LogP contribution in [0.3, 0.4) is 0 Å². The zero-order valence-electron chi connectivity index (χ0n) is 13.5. The van der Waals surface area contributed by atoms with Crippen LogP contribution in [-0.4, -0.2) is 42.6 Å². The van der Waals surface area contributed by atoms with Gasteiger partial charge < -0.3 is 15.5 Å². The number of rotatable bonds is 1. The van der Waals surface area contributed by atoms with Crippen molar-refractivity contribution in [2.75, 3.05) is 26.2 Å². The first kappa shape index (κ1) is 13.9. The molecule has 2 amide bonds. The van der Waals surface area contributed by atoms with Crippen molar-refractivity contribution in [1.82, 2.24) is 15.5 Å². The molecule has 2 N–H and O–H groups in total. The summed E-state index contributed by atoms with van der Waals surface area (Å²) in [6.45, 7) is 8.47. The van der Waals surface area contributed by atoms with E-state index < -0.39 is 0 Å². The molecule has 1 saturated heterocycles. The molecule has 5 fully saturated rings. The fourth-order valence-electron chi connectivity index (χ4n) is 6.76. The van der Waals surface area contributed by atoms with E-state index in [0.717, 1.165) is 32.1 Å². The molecule has 1 aliphatic heterocycles. The summed E-state index contributed by atoms with van der Waals surface area (Å²) in [5.41, 5.74) is 1.01. The van der Waals surface area contributed by atoms with Crippen molar-refractivity contribution in [2.45, 2.75) is 57.9 Å². The summed E-state index contributed by atoms with van der Waals surface area (Å²) in [6, 6.07) is 0.186. The van der Waals surface area contributed by atoms with Crippen molar-refractivity contribution < 1.29 is 4.79 Å². The molecule has 0 radical (unpaired) electrons. The average molecular weight is 291 g/mol. The van der Waals surface area contributed by atoms with E-state index in [9.17, 15) is 4.79 Å². The predicted octanol–water partition coefficient (Wildman–Crippen LogP) is 2.35. The maximum absolute atomic E-state index is 12.7. The highest BCUT2D eigenvalue weighted by molar-refractivity contribution is 5.75. The Hall–Kier alpha value is -0.770. The van der Waals surface area contributed by atoms with E-state index in [0.29, 0.717) is 10.8 Å². The number of piperazine rings is 1. The molecule has 0 aromatic carbocycles. The van der Waals surface area contributed by atoms with Gasteiger partial charge in [-0.05, 0) is 55.3 Å². The van der Waals surface area contributed by atoms with Gasteiger partial charge in [-0.1, -0.05) is 13.8 Å². The van der Waals surface area contributed by atoms with Crippen LogP contribution in [0.15, 0.2) is 0 Å². The van der Waals surface area contributed by atoms with Crippen LogP contribution >= 0.6 is 0 Å². The van der Waals surface area contributed by atoms with E-state index in [4.69, 9.17) is 0 Å². The summed E-state index contributed by atoms with van der Waals surface area (Å²) in [4.78, 5) is 14.7. The smallest absolute Gasteiger partial charge is 0.317 e. The topological polar surface area (TPSA) is 44.4 Å². The number of carbonyl (C=O) groups is 1. The summed E-state index contributed by atoms with van der Waals surface area (Å²) >= 11 is 0. The first-order chi connectivity index (χ1) is 9.90. The minimum absolute atomic E-state index is 0.0882. The lowest BCUT2D eigenvalue weighted by atomic mass is 9.43. The summed E-state index contributed by atoms with van der Waals surface area (Å²) in [5.74, 6) is 0.833. The van der Waals surface area contributed by atoms with E-state index in [2.05, 4.69) is 24.5 Å². The highest BCUT2D eigenvalue weighted by atomic mass is 16.2. The number of hydrogen-bond acceptors (Lipinski definition) is 2. The Morgan fingerprint density at radius 3 is 2.24 bits per heavy atom. The van der Waals surface area contributed by atoms with E-state index in [1.54, 1.807) is 0 Å². The predicted molar refractivity (Wildman–Crippen MR) is 83.1 cm³/mol. The van der Waals surface area contributed by atoms with Crippen molar-refractivity contribution in [1.29, 1.82) is 0 Å². The van der Waals surface area contributed by atoms with Gasteiger partial charge in [0.25, 0.3) is 0 Å². The third kappa shape index (κ3) is 2.36. The molecular formula is C17H29N3O. The van der Waals surface area contributed by atoms with E-state index in [1.165, 1.54) is 38.5 Å². The SMILES string of the molecule is CC12CC3CC(C)(C1)CC(NC(=O)N1CCNCC1)(C3)C2. The van der Waals surface area contributed by atoms with Gasteiger partial charge in [0.2, 0.25) is 0 Å². The molecule has 5 aliphatic rings. The molecule has 21 heavy (non-hydrogen) atoms. The van der Waals surface area contributed by atoms with Gasteiger partial charge in [-0.15, -0.1) is 0 Å². The molecule has 2 atom stereocenters. The lowest BCUT2D eigenvalue weighted by molar-refractivity contribution is -0.114. The third-order valence-corrected chi connectivity index (χ3v) is 6.40. The Balaban J connectivity index is 1.52. The molecular weight excluding hydrogens is 262 g/mol. The molecule has 0 spiro atoms. The first-order valence-electron chi connectivity index (χ1n) is 8.67. The van der Waals surface area contributed by atoms with Crippen molar-refractivity contribution >= 4 is 6.03 Å². The first-order valence-corrected chi connectivity index (χ1v) is 8.67. The highest BCUT2D eigenvalue weighted by Crippen LogP contribution is 2.66. The van der Waals surface area contributed by atoms with Crippen LogP contribution in [0.2, 0.25) is 0 Å². The van der Waals surface area contributed by atoms with Crippen LogP contribution in [0.4, 0.5) is 4.79 Å². The quantitative estimate of drug-likeness (QED) is 0.779. The minimum Gasteiger partial charge on any atom is -0.333 e. The number of nitrogens with zero attached hydrogens (tertiary/aromatic N) is 1. The van der Waals surface area contributed by atoms with Crippen LogP contribution in [0.25, 0.3) is 0 Å². The molecule has 4 aliphatic carbocycles. The van der Waals surface area contributed by atoms with E-state index in [1.807, 2.05) is 4.90 Å². The standard InChI is InChI=1S/C17H29N3O/c1-15-7-13-8-16(2,10-15)12-17(9-13,11-15)19-14(21)20-5-3-18-4-6-20/h13,18H,3-12H2,1-2H3,(H,19,21). The maximum Gasteiger partial charge on any atom is 0.317 e. The molecule has 4 heteroatoms. The van der Waals surface area contributed by atoms with Gasteiger partial charge in [-0.3, -0.25) is 0 Å². The number of nitrogens with one attached hydrogen (secondary N) is 2. The lowest BCUT2D eigenvalue weighted by Gasteiger charge is -2.65. The van der Waals surface area contributed by atoms with E-state index >= 15 is 0 Å². The Morgan fingerprint density at radius 1 is 1.05 bits per heavy atom. The molecule has 5 rings (SSSR count). The average Bonchev–Trinajstić information content (AvgIpc) is 2.34. The van der Waals surface area contributed by atoms with Gasteiger partial charge in [-0.25, -0.2) is 4.79 Å². The van der Waals surface area contributed by atoms with Crippen LogP contribution < -0.4 is 10.6 Å². The normalized spacial score (nSPS) is 48.5. The van der Waals surface area contributed by atoms with Crippen LogP contribution in [0.5, 0.6) is 0 Å². The Bertz CT molecular complexity index is 439. The van der Waals surface area contributed by atoms with Crippen molar-refractivity contribution in [3.63, 3.8) is 0 Å². The summed E-state index contributed by atoms with van der Waals surface area (Å²) in [6.07, 6.45) is 7.74. The molecule has 1 heterocycles. The van der Waals surface area contributed by atoms with Gasteiger partial charge in [0.15, 0.2) is 0 Å². The fraction of sp³-hybridized carbons (Fsp3) is 0.941. The van der Waals surface area contributed by atoms with Crippen LogP contribution in [0.1, 0.15) is 52.4 Å². The highest BCUT2D eigenvalue weighted by Gasteiger charge is 2.60. The van der Waals surface area contributed by atoms with Crippen molar-refractivity contribution in [2.24, 2.45) is 16.7 Å².